The van der Waals surface area contributed by atoms with Gasteiger partial charge in [0.2, 0.25) is 5.91 Å². The van der Waals surface area contributed by atoms with E-state index < -0.39 is 86.8 Å². The number of hydrogen-bond acceptors (Lipinski definition) is 13. The van der Waals surface area contributed by atoms with Crippen LogP contribution in [0.15, 0.2) is 97.2 Å². The molecule has 478 valence electrons. The molecule has 14 heteroatoms. The predicted octanol–water partition coefficient (Wildman–Crippen LogP) is 12.6. The first-order chi connectivity index (χ1) is 40.6. The van der Waals surface area contributed by atoms with Crippen LogP contribution >= 0.6 is 0 Å². The number of aliphatic hydroxyl groups excluding tert-OH is 8. The Kier molecular flexibility index (Phi) is 48.7. The van der Waals surface area contributed by atoms with Crippen molar-refractivity contribution in [2.24, 2.45) is 0 Å². The molecule has 0 spiro atoms. The van der Waals surface area contributed by atoms with Crippen molar-refractivity contribution in [3.63, 3.8) is 0 Å². The number of amides is 1. The maximum absolute atomic E-state index is 13.2. The molecule has 2 aliphatic heterocycles. The van der Waals surface area contributed by atoms with Gasteiger partial charge in [-0.15, -0.1) is 0 Å². The summed E-state index contributed by atoms with van der Waals surface area (Å²) in [5, 5.41) is 86.8. The molecular weight excluding hydrogens is 1050 g/mol. The summed E-state index contributed by atoms with van der Waals surface area (Å²) in [7, 11) is 0. The number of allylic oxidation sites excluding steroid dienone is 15. The van der Waals surface area contributed by atoms with Crippen LogP contribution in [0.1, 0.15) is 239 Å². The van der Waals surface area contributed by atoms with Crippen LogP contribution in [0.3, 0.4) is 0 Å². The Morgan fingerprint density at radius 2 is 0.843 bits per heavy atom. The molecule has 0 radical (unpaired) electrons. The van der Waals surface area contributed by atoms with E-state index in [0.717, 1.165) is 83.5 Å². The third-order valence-electron chi connectivity index (χ3n) is 15.5. The molecule has 2 fully saturated rings. The lowest BCUT2D eigenvalue weighted by atomic mass is 9.97. The molecule has 0 bridgehead atoms. The number of carbonyl (C=O) groups is 1. The van der Waals surface area contributed by atoms with Gasteiger partial charge in [-0.1, -0.05) is 252 Å². The summed E-state index contributed by atoms with van der Waals surface area (Å²) in [5.41, 5.74) is 0. The molecule has 9 N–H and O–H groups in total. The van der Waals surface area contributed by atoms with Crippen LogP contribution in [0.4, 0.5) is 0 Å². The molecular formula is C69H119NO13. The average molecular weight is 1170 g/mol. The van der Waals surface area contributed by atoms with Gasteiger partial charge in [0.25, 0.3) is 0 Å². The van der Waals surface area contributed by atoms with E-state index in [9.17, 15) is 45.6 Å². The van der Waals surface area contributed by atoms with Gasteiger partial charge >= 0.3 is 0 Å². The quantitative estimate of drug-likeness (QED) is 0.0204. The number of ether oxygens (including phenoxy) is 4. The van der Waals surface area contributed by atoms with Gasteiger partial charge in [-0.2, -0.15) is 0 Å². The van der Waals surface area contributed by atoms with Gasteiger partial charge in [-0.25, -0.2) is 0 Å². The van der Waals surface area contributed by atoms with Crippen molar-refractivity contribution in [2.45, 2.75) is 312 Å². The molecule has 2 aliphatic rings. The van der Waals surface area contributed by atoms with E-state index in [1.807, 2.05) is 6.08 Å². The Balaban J connectivity index is 1.50. The number of rotatable bonds is 52. The highest BCUT2D eigenvalue weighted by molar-refractivity contribution is 5.76. The maximum atomic E-state index is 13.2. The first-order valence-electron chi connectivity index (χ1n) is 33.0. The van der Waals surface area contributed by atoms with E-state index in [2.05, 4.69) is 104 Å². The normalized spacial score (nSPS) is 24.5. The predicted molar refractivity (Wildman–Crippen MR) is 336 cm³/mol. The molecule has 2 rings (SSSR count). The van der Waals surface area contributed by atoms with E-state index in [4.69, 9.17) is 18.9 Å². The first kappa shape index (κ1) is 76.0. The maximum Gasteiger partial charge on any atom is 0.220 e. The SMILES string of the molecule is CC/C=C\C/C=C\C/C=C\C/C=C\C/C=C\C/C=C\CCCCCCCCCCCCCCCCCCCCCCCCC(=O)NC(COC1OC(CO)C(OC2OC(CO)C(O)C(O)C2O)C(O)C1O)C(O)/C=C/CC/C=C/CCCC. The lowest BCUT2D eigenvalue weighted by Gasteiger charge is -2.46. The van der Waals surface area contributed by atoms with Crippen LogP contribution in [0.2, 0.25) is 0 Å². The molecule has 1 amide bonds. The summed E-state index contributed by atoms with van der Waals surface area (Å²) < 4.78 is 22.7. The van der Waals surface area contributed by atoms with Crippen molar-refractivity contribution >= 4 is 5.91 Å². The molecule has 0 saturated carbocycles. The van der Waals surface area contributed by atoms with Crippen LogP contribution in [0.25, 0.3) is 0 Å². The Bertz CT molecular complexity index is 1760. The van der Waals surface area contributed by atoms with Crippen molar-refractivity contribution in [1.29, 1.82) is 0 Å². The van der Waals surface area contributed by atoms with Crippen molar-refractivity contribution in [3.05, 3.63) is 97.2 Å². The van der Waals surface area contributed by atoms with Crippen LogP contribution in [-0.4, -0.2) is 140 Å². The third-order valence-corrected chi connectivity index (χ3v) is 15.5. The fraction of sp³-hybridized carbons (Fsp3) is 0.754. The van der Waals surface area contributed by atoms with E-state index in [1.165, 1.54) is 122 Å². The first-order valence-corrected chi connectivity index (χ1v) is 33.0. The van der Waals surface area contributed by atoms with E-state index in [0.29, 0.717) is 12.8 Å². The van der Waals surface area contributed by atoms with Crippen molar-refractivity contribution < 1.29 is 64.6 Å². The molecule has 0 aliphatic carbocycles. The number of carbonyl (C=O) groups excluding carboxylic acids is 1. The van der Waals surface area contributed by atoms with Gasteiger partial charge < -0.3 is 65.1 Å². The second-order valence-electron chi connectivity index (χ2n) is 22.9. The molecule has 14 nitrogen and oxygen atoms in total. The van der Waals surface area contributed by atoms with Crippen LogP contribution in [-0.2, 0) is 23.7 Å². The Hall–Kier alpha value is -3.09. The Morgan fingerprint density at radius 1 is 0.446 bits per heavy atom. The van der Waals surface area contributed by atoms with Gasteiger partial charge in [0.05, 0.1) is 32.0 Å². The van der Waals surface area contributed by atoms with Crippen molar-refractivity contribution in [3.8, 4) is 0 Å². The fourth-order valence-corrected chi connectivity index (χ4v) is 10.2. The minimum atomic E-state index is -1.79. The van der Waals surface area contributed by atoms with Crippen LogP contribution in [0, 0.1) is 0 Å². The van der Waals surface area contributed by atoms with E-state index >= 15 is 0 Å². The largest absolute Gasteiger partial charge is 0.394 e. The molecule has 12 unspecified atom stereocenters. The van der Waals surface area contributed by atoms with Crippen LogP contribution in [0.5, 0.6) is 0 Å². The molecule has 0 aromatic rings. The van der Waals surface area contributed by atoms with Crippen LogP contribution < -0.4 is 5.32 Å². The highest BCUT2D eigenvalue weighted by Crippen LogP contribution is 2.30. The van der Waals surface area contributed by atoms with Gasteiger partial charge in [-0.3, -0.25) is 4.79 Å². The minimum absolute atomic E-state index is 0.253. The molecule has 2 saturated heterocycles. The fourth-order valence-electron chi connectivity index (χ4n) is 10.2. The summed E-state index contributed by atoms with van der Waals surface area (Å²) in [6, 6.07) is -0.931. The minimum Gasteiger partial charge on any atom is -0.394 e. The second-order valence-corrected chi connectivity index (χ2v) is 22.9. The van der Waals surface area contributed by atoms with Gasteiger partial charge in [0.1, 0.15) is 48.8 Å². The van der Waals surface area contributed by atoms with Gasteiger partial charge in [-0.05, 0) is 77.0 Å². The smallest absolute Gasteiger partial charge is 0.220 e. The lowest BCUT2D eigenvalue weighted by molar-refractivity contribution is -0.359. The zero-order chi connectivity index (χ0) is 60.2. The van der Waals surface area contributed by atoms with Gasteiger partial charge in [0, 0.05) is 6.42 Å². The van der Waals surface area contributed by atoms with Crippen molar-refractivity contribution in [2.75, 3.05) is 19.8 Å². The topological polar surface area (TPSA) is 228 Å². The molecule has 2 heterocycles. The summed E-state index contributed by atoms with van der Waals surface area (Å²) in [5.74, 6) is -0.253. The van der Waals surface area contributed by atoms with Crippen molar-refractivity contribution in [1.82, 2.24) is 5.32 Å². The van der Waals surface area contributed by atoms with E-state index in [1.54, 1.807) is 6.08 Å². The number of unbranched alkanes of at least 4 members (excludes halogenated alkanes) is 25. The highest BCUT2D eigenvalue weighted by atomic mass is 16.7. The summed E-state index contributed by atoms with van der Waals surface area (Å²) in [4.78, 5) is 13.2. The molecule has 83 heavy (non-hydrogen) atoms. The zero-order valence-corrected chi connectivity index (χ0v) is 51.7. The molecule has 0 aromatic heterocycles. The molecule has 0 aromatic carbocycles. The summed E-state index contributed by atoms with van der Waals surface area (Å²) in [6.45, 7) is 2.57. The monoisotopic (exact) mass is 1170 g/mol. The zero-order valence-electron chi connectivity index (χ0n) is 51.7. The Morgan fingerprint density at radius 3 is 1.33 bits per heavy atom. The molecule has 12 atom stereocenters. The van der Waals surface area contributed by atoms with Gasteiger partial charge in [0.15, 0.2) is 12.6 Å². The number of nitrogens with one attached hydrogen (secondary N) is 1. The summed E-state index contributed by atoms with van der Waals surface area (Å²) >= 11 is 0. The lowest BCUT2D eigenvalue weighted by Crippen LogP contribution is -2.65. The second kappa shape index (κ2) is 53.2. The summed E-state index contributed by atoms with van der Waals surface area (Å²) in [6.07, 6.45) is 58.1. The van der Waals surface area contributed by atoms with E-state index in [-0.39, 0.29) is 18.9 Å². The Labute approximate surface area is 503 Å². The third kappa shape index (κ3) is 37.9. The standard InChI is InChI=1S/C69H119NO13/c1-3-5-7-9-11-13-14-15-16-17-18-19-20-21-22-23-24-25-26-27-28-29-30-31-32-33-34-35-36-37-38-39-40-41-42-43-44-45-47-49-51-53-61(74)70-57(58(73)52-50-48-46-12-10-8-6-4-2)56-80-68-66(79)64(77)67(60(55-72)82-68)83-69-65(78)63(76)62(75)59(54-71)81-69/h5,7,10-13,15-16,18-19,21-22,24-25,50,52,57-60,62-69,71-73,75-79H,3-4,6,8-9,14,17,20,23,26-49,51,53-56H2,1-2H3,(H,70,74)/b7-5-,12-10+,13-11-,16-15-,19-18-,22-21-,25-24-,52-50+. The highest BCUT2D eigenvalue weighted by Gasteiger charge is 2.51. The number of aliphatic hydroxyl groups is 8. The average Bonchev–Trinajstić information content (AvgIpc) is 3.45. The number of hydrogen-bond donors (Lipinski definition) is 9.